The van der Waals surface area contributed by atoms with Gasteiger partial charge in [-0.05, 0) is 6.42 Å². The van der Waals surface area contributed by atoms with Crippen molar-refractivity contribution in [3.63, 3.8) is 0 Å². The van der Waals surface area contributed by atoms with Crippen molar-refractivity contribution in [1.29, 1.82) is 0 Å². The monoisotopic (exact) mass is 152 g/mol. The summed E-state index contributed by atoms with van der Waals surface area (Å²) in [5.41, 5.74) is 0. The van der Waals surface area contributed by atoms with Crippen LogP contribution in [-0.2, 0) is 20.0 Å². The summed E-state index contributed by atoms with van der Waals surface area (Å²) in [6.07, 6.45) is 0.755. The molecule has 0 rings (SSSR count). The van der Waals surface area contributed by atoms with Crippen LogP contribution in [0.25, 0.3) is 0 Å². The molecule has 0 spiro atoms. The van der Waals surface area contributed by atoms with Gasteiger partial charge in [0.2, 0.25) is 0 Å². The van der Waals surface area contributed by atoms with Gasteiger partial charge in [-0.25, -0.2) is 0 Å². The fourth-order valence-corrected chi connectivity index (χ4v) is 0.590. The Bertz CT molecular complexity index is 152. The molecule has 0 aliphatic carbocycles. The molecule has 0 atom stereocenters. The average Bonchev–Trinajstić information content (AvgIpc) is 1.63. The number of thiol groups is 1. The first-order valence-corrected chi connectivity index (χ1v) is 3.61. The first-order valence-electron chi connectivity index (χ1n) is 2.52. The standard InChI is InChI=1S/C4H8O4S/c1-2-3-4(5)8-9(6)7/h9H,2-3H2,1H3. The lowest BCUT2D eigenvalue weighted by molar-refractivity contribution is -0.133. The summed E-state index contributed by atoms with van der Waals surface area (Å²) in [6, 6.07) is 0. The second-order valence-electron chi connectivity index (χ2n) is 1.44. The van der Waals surface area contributed by atoms with Crippen molar-refractivity contribution >= 4 is 17.0 Å². The average molecular weight is 152 g/mol. The molecule has 9 heavy (non-hydrogen) atoms. The van der Waals surface area contributed by atoms with E-state index in [1.807, 2.05) is 0 Å². The van der Waals surface area contributed by atoms with E-state index in [4.69, 9.17) is 0 Å². The third kappa shape index (κ3) is 5.29. The van der Waals surface area contributed by atoms with Crippen LogP contribution in [0.4, 0.5) is 0 Å². The van der Waals surface area contributed by atoms with Crippen LogP contribution in [0, 0.1) is 0 Å². The van der Waals surface area contributed by atoms with E-state index < -0.39 is 17.0 Å². The Hall–Kier alpha value is -0.580. The van der Waals surface area contributed by atoms with Crippen molar-refractivity contribution in [3.05, 3.63) is 0 Å². The highest BCUT2D eigenvalue weighted by Crippen LogP contribution is 1.89. The van der Waals surface area contributed by atoms with Crippen LogP contribution in [0.2, 0.25) is 0 Å². The maximum Gasteiger partial charge on any atom is 0.321 e. The molecule has 4 nitrogen and oxygen atoms in total. The quantitative estimate of drug-likeness (QED) is 0.571. The Balaban J connectivity index is 3.51. The highest BCUT2D eigenvalue weighted by molar-refractivity contribution is 7.67. The Morgan fingerprint density at radius 1 is 1.56 bits per heavy atom. The topological polar surface area (TPSA) is 60.4 Å². The number of rotatable bonds is 3. The Kier molecular flexibility index (Phi) is 4.04. The van der Waals surface area contributed by atoms with E-state index in [2.05, 4.69) is 4.18 Å². The summed E-state index contributed by atoms with van der Waals surface area (Å²) < 4.78 is 23.2. The van der Waals surface area contributed by atoms with Gasteiger partial charge in [0.1, 0.15) is 0 Å². The third-order valence-corrected chi connectivity index (χ3v) is 0.983. The van der Waals surface area contributed by atoms with E-state index >= 15 is 0 Å². The van der Waals surface area contributed by atoms with Gasteiger partial charge in [0.15, 0.2) is 0 Å². The molecule has 0 fully saturated rings. The molecule has 0 saturated carbocycles. The predicted molar refractivity (Wildman–Crippen MR) is 31.3 cm³/mol. The highest BCUT2D eigenvalue weighted by Gasteiger charge is 1.99. The van der Waals surface area contributed by atoms with Crippen molar-refractivity contribution in [3.8, 4) is 0 Å². The molecule has 0 unspecified atom stereocenters. The zero-order valence-corrected chi connectivity index (χ0v) is 5.89. The van der Waals surface area contributed by atoms with Gasteiger partial charge in [-0.15, -0.1) is 0 Å². The lowest BCUT2D eigenvalue weighted by Gasteiger charge is -1.90. The molecular weight excluding hydrogens is 144 g/mol. The van der Waals surface area contributed by atoms with Crippen LogP contribution in [0.15, 0.2) is 0 Å². The van der Waals surface area contributed by atoms with Crippen molar-refractivity contribution in [2.45, 2.75) is 19.8 Å². The van der Waals surface area contributed by atoms with Crippen LogP contribution in [-0.4, -0.2) is 14.4 Å². The van der Waals surface area contributed by atoms with Gasteiger partial charge >= 0.3 is 17.0 Å². The number of hydrogen-bond donors (Lipinski definition) is 1. The Morgan fingerprint density at radius 3 is 2.44 bits per heavy atom. The highest BCUT2D eigenvalue weighted by atomic mass is 32.2. The zero-order valence-electron chi connectivity index (χ0n) is 4.99. The van der Waals surface area contributed by atoms with Crippen LogP contribution in [0.3, 0.4) is 0 Å². The maximum atomic E-state index is 10.2. The first-order chi connectivity index (χ1) is 4.16. The molecule has 0 heterocycles. The van der Waals surface area contributed by atoms with Crippen molar-refractivity contribution < 1.29 is 17.4 Å². The molecule has 0 N–H and O–H groups in total. The van der Waals surface area contributed by atoms with Gasteiger partial charge in [0.05, 0.1) is 0 Å². The van der Waals surface area contributed by atoms with E-state index in [0.717, 1.165) is 0 Å². The second-order valence-corrected chi connectivity index (χ2v) is 2.07. The summed E-state index contributed by atoms with van der Waals surface area (Å²) in [5, 5.41) is 0. The molecule has 0 bridgehead atoms. The van der Waals surface area contributed by atoms with Crippen molar-refractivity contribution in [2.75, 3.05) is 0 Å². The minimum Gasteiger partial charge on any atom is -0.348 e. The summed E-state index contributed by atoms with van der Waals surface area (Å²) in [4.78, 5) is 10.2. The van der Waals surface area contributed by atoms with Gasteiger partial charge in [-0.3, -0.25) is 4.79 Å². The maximum absolute atomic E-state index is 10.2. The molecule has 5 heteroatoms. The van der Waals surface area contributed by atoms with Crippen molar-refractivity contribution in [2.24, 2.45) is 0 Å². The van der Waals surface area contributed by atoms with Gasteiger partial charge in [-0.1, -0.05) is 6.92 Å². The van der Waals surface area contributed by atoms with Gasteiger partial charge in [0.25, 0.3) is 0 Å². The van der Waals surface area contributed by atoms with Crippen LogP contribution in [0.1, 0.15) is 19.8 Å². The molecule has 0 amide bonds. The normalized spacial score (nSPS) is 9.56. The second kappa shape index (κ2) is 4.31. The smallest absolute Gasteiger partial charge is 0.321 e. The minimum atomic E-state index is -3.00. The molecule has 0 aliphatic rings. The minimum absolute atomic E-state index is 0.156. The number of hydrogen-bond acceptors (Lipinski definition) is 4. The van der Waals surface area contributed by atoms with E-state index in [1.54, 1.807) is 6.92 Å². The van der Waals surface area contributed by atoms with E-state index in [1.165, 1.54) is 0 Å². The molecule has 0 aromatic heterocycles. The summed E-state index contributed by atoms with van der Waals surface area (Å²) in [6.45, 7) is 1.76. The number of carbonyl (C=O) groups is 1. The van der Waals surface area contributed by atoms with Crippen LogP contribution < -0.4 is 0 Å². The predicted octanol–water partition coefficient (Wildman–Crippen LogP) is -0.144. The fourth-order valence-electron chi connectivity index (χ4n) is 0.333. The van der Waals surface area contributed by atoms with Crippen molar-refractivity contribution in [1.82, 2.24) is 0 Å². The molecule has 0 aromatic rings. The zero-order chi connectivity index (χ0) is 7.28. The molecular formula is C4H8O4S. The summed E-state index contributed by atoms with van der Waals surface area (Å²) in [5.74, 6) is -0.686. The lowest BCUT2D eigenvalue weighted by atomic mass is 10.4. The summed E-state index contributed by atoms with van der Waals surface area (Å²) >= 11 is 0. The third-order valence-electron chi connectivity index (χ3n) is 0.630. The van der Waals surface area contributed by atoms with Crippen LogP contribution in [0.5, 0.6) is 0 Å². The van der Waals surface area contributed by atoms with E-state index in [0.29, 0.717) is 6.42 Å². The lowest BCUT2D eigenvalue weighted by Crippen LogP contribution is -2.00. The summed E-state index contributed by atoms with van der Waals surface area (Å²) in [7, 11) is -3.00. The SMILES string of the molecule is CCCC(=O)O[SH](=O)=O. The molecule has 0 aromatic carbocycles. The largest absolute Gasteiger partial charge is 0.348 e. The molecule has 54 valence electrons. The number of carbonyl (C=O) groups excluding carboxylic acids is 1. The van der Waals surface area contributed by atoms with E-state index in [-0.39, 0.29) is 6.42 Å². The Labute approximate surface area is 55.0 Å². The first kappa shape index (κ1) is 8.42. The Morgan fingerprint density at radius 2 is 2.11 bits per heavy atom. The van der Waals surface area contributed by atoms with Crippen LogP contribution >= 0.6 is 0 Å². The van der Waals surface area contributed by atoms with Gasteiger partial charge < -0.3 is 4.18 Å². The molecule has 0 aliphatic heterocycles. The fraction of sp³-hybridized carbons (Fsp3) is 0.750. The molecule has 0 saturated heterocycles. The molecule has 0 radical (unpaired) electrons. The van der Waals surface area contributed by atoms with Gasteiger partial charge in [0, 0.05) is 6.42 Å². The van der Waals surface area contributed by atoms with E-state index in [9.17, 15) is 13.2 Å². The van der Waals surface area contributed by atoms with Gasteiger partial charge in [-0.2, -0.15) is 8.42 Å².